The summed E-state index contributed by atoms with van der Waals surface area (Å²) < 4.78 is 17.5. The first-order valence-corrected chi connectivity index (χ1v) is 15.3. The summed E-state index contributed by atoms with van der Waals surface area (Å²) in [5, 5.41) is 11.6. The average molecular weight is 581 g/mol. The number of ether oxygens (including phenoxy) is 3. The SMILES string of the molecule is CCCCOc1cccc(C(O)=C2C(=O)C(=O)N(CCCN(CC)CC)C2c2ccc(OCCC(C)C)c(OC)c2)c1. The Hall–Kier alpha value is -3.52. The summed E-state index contributed by atoms with van der Waals surface area (Å²) in [6.07, 6.45) is 3.51. The predicted octanol–water partition coefficient (Wildman–Crippen LogP) is 6.45. The van der Waals surface area contributed by atoms with Crippen LogP contribution in [0.4, 0.5) is 0 Å². The van der Waals surface area contributed by atoms with Crippen LogP contribution in [0.25, 0.3) is 5.76 Å². The molecule has 1 saturated heterocycles. The van der Waals surface area contributed by atoms with E-state index in [1.54, 1.807) is 36.3 Å². The van der Waals surface area contributed by atoms with E-state index in [9.17, 15) is 14.7 Å². The summed E-state index contributed by atoms with van der Waals surface area (Å²) in [5.41, 5.74) is 1.15. The number of amides is 1. The molecule has 230 valence electrons. The Labute approximate surface area is 251 Å². The van der Waals surface area contributed by atoms with E-state index in [1.165, 1.54) is 0 Å². The normalized spacial score (nSPS) is 16.5. The van der Waals surface area contributed by atoms with E-state index in [-0.39, 0.29) is 11.3 Å². The molecule has 2 aromatic carbocycles. The van der Waals surface area contributed by atoms with Gasteiger partial charge < -0.3 is 29.1 Å². The predicted molar refractivity (Wildman–Crippen MR) is 166 cm³/mol. The number of carbonyl (C=O) groups is 2. The molecule has 1 atom stereocenters. The molecule has 1 fully saturated rings. The molecule has 0 aliphatic carbocycles. The van der Waals surface area contributed by atoms with Crippen LogP contribution < -0.4 is 14.2 Å². The molecule has 42 heavy (non-hydrogen) atoms. The highest BCUT2D eigenvalue weighted by Crippen LogP contribution is 2.42. The average Bonchev–Trinajstić information content (AvgIpc) is 3.24. The number of ketones is 1. The lowest BCUT2D eigenvalue weighted by Gasteiger charge is -2.27. The molecule has 1 aliphatic heterocycles. The largest absolute Gasteiger partial charge is 0.507 e. The third-order valence-electron chi connectivity index (χ3n) is 7.64. The zero-order chi connectivity index (χ0) is 30.6. The highest BCUT2D eigenvalue weighted by atomic mass is 16.5. The van der Waals surface area contributed by atoms with Gasteiger partial charge in [0, 0.05) is 12.1 Å². The third-order valence-corrected chi connectivity index (χ3v) is 7.64. The van der Waals surface area contributed by atoms with E-state index >= 15 is 0 Å². The molecule has 8 heteroatoms. The fourth-order valence-corrected chi connectivity index (χ4v) is 5.06. The Kier molecular flexibility index (Phi) is 12.7. The van der Waals surface area contributed by atoms with Crippen LogP contribution in [-0.2, 0) is 9.59 Å². The van der Waals surface area contributed by atoms with Crippen molar-refractivity contribution >= 4 is 17.4 Å². The maximum atomic E-state index is 13.5. The summed E-state index contributed by atoms with van der Waals surface area (Å²) in [4.78, 5) is 30.9. The second-order valence-corrected chi connectivity index (χ2v) is 11.0. The van der Waals surface area contributed by atoms with Crippen LogP contribution in [0.3, 0.4) is 0 Å². The number of aliphatic hydroxyl groups excluding tert-OH is 1. The van der Waals surface area contributed by atoms with Crippen LogP contribution in [0, 0.1) is 5.92 Å². The molecule has 1 N–H and O–H groups in total. The minimum Gasteiger partial charge on any atom is -0.507 e. The van der Waals surface area contributed by atoms with Crippen molar-refractivity contribution < 1.29 is 28.9 Å². The van der Waals surface area contributed by atoms with Crippen molar-refractivity contribution in [3.05, 3.63) is 59.2 Å². The standard InChI is InChI=1S/C34H48N2O6/c1-7-10-20-41-27-14-11-13-26(22-27)32(37)30-31(36(34(39)33(30)38)19-12-18-35(8-2)9-3)25-15-16-28(29(23-25)40-6)42-21-17-24(4)5/h11,13-16,22-24,31,37H,7-10,12,17-21H2,1-6H3. The fourth-order valence-electron chi connectivity index (χ4n) is 5.06. The third kappa shape index (κ3) is 8.28. The van der Waals surface area contributed by atoms with Crippen LogP contribution >= 0.6 is 0 Å². The summed E-state index contributed by atoms with van der Waals surface area (Å²) in [7, 11) is 1.57. The number of hydrogen-bond donors (Lipinski definition) is 1. The van der Waals surface area contributed by atoms with Gasteiger partial charge in [-0.25, -0.2) is 0 Å². The second kappa shape index (κ2) is 16.2. The molecular formula is C34H48N2O6. The van der Waals surface area contributed by atoms with Crippen molar-refractivity contribution in [1.29, 1.82) is 0 Å². The molecule has 3 rings (SSSR count). The first-order valence-electron chi connectivity index (χ1n) is 15.3. The lowest BCUT2D eigenvalue weighted by Crippen LogP contribution is -2.33. The molecule has 1 unspecified atom stereocenters. The number of nitrogens with zero attached hydrogens (tertiary/aromatic N) is 2. The number of carbonyl (C=O) groups excluding carboxylic acids is 2. The molecule has 2 aromatic rings. The quantitative estimate of drug-likeness (QED) is 0.0995. The Balaban J connectivity index is 2.04. The molecule has 1 heterocycles. The van der Waals surface area contributed by atoms with E-state index in [2.05, 4.69) is 39.5 Å². The number of likely N-dealkylation sites (tertiary alicyclic amines) is 1. The van der Waals surface area contributed by atoms with Gasteiger partial charge in [0.2, 0.25) is 0 Å². The zero-order valence-electron chi connectivity index (χ0n) is 26.2. The van der Waals surface area contributed by atoms with E-state index in [0.29, 0.717) is 60.5 Å². The van der Waals surface area contributed by atoms with Gasteiger partial charge in [0.15, 0.2) is 11.5 Å². The van der Waals surface area contributed by atoms with E-state index in [4.69, 9.17) is 14.2 Å². The van der Waals surface area contributed by atoms with Gasteiger partial charge in [-0.3, -0.25) is 9.59 Å². The molecule has 0 bridgehead atoms. The Bertz CT molecular complexity index is 1220. The number of rotatable bonds is 17. The molecule has 1 amide bonds. The summed E-state index contributed by atoms with van der Waals surface area (Å²) >= 11 is 0. The minimum atomic E-state index is -0.773. The number of unbranched alkanes of at least 4 members (excludes halogenated alkanes) is 1. The van der Waals surface area contributed by atoms with Gasteiger partial charge in [-0.05, 0) is 74.6 Å². The van der Waals surface area contributed by atoms with E-state index < -0.39 is 17.7 Å². The van der Waals surface area contributed by atoms with Gasteiger partial charge in [-0.1, -0.05) is 59.2 Å². The van der Waals surface area contributed by atoms with Crippen molar-refractivity contribution in [2.75, 3.05) is 46.5 Å². The lowest BCUT2D eigenvalue weighted by molar-refractivity contribution is -0.140. The molecule has 0 saturated carbocycles. The van der Waals surface area contributed by atoms with E-state index in [0.717, 1.165) is 38.9 Å². The molecule has 0 radical (unpaired) electrons. The van der Waals surface area contributed by atoms with Crippen molar-refractivity contribution in [3.8, 4) is 17.2 Å². The summed E-state index contributed by atoms with van der Waals surface area (Å²) in [6, 6.07) is 11.7. The van der Waals surface area contributed by atoms with Gasteiger partial charge in [0.25, 0.3) is 11.7 Å². The fraction of sp³-hybridized carbons (Fsp3) is 0.529. The van der Waals surface area contributed by atoms with E-state index in [1.807, 2.05) is 18.2 Å². The molecule has 1 aliphatic rings. The van der Waals surface area contributed by atoms with Gasteiger partial charge in [-0.2, -0.15) is 0 Å². The Morgan fingerprint density at radius 3 is 2.40 bits per heavy atom. The summed E-state index contributed by atoms with van der Waals surface area (Å²) in [6.45, 7) is 14.7. The second-order valence-electron chi connectivity index (χ2n) is 11.0. The topological polar surface area (TPSA) is 88.5 Å². The number of Topliss-reactive ketones (excluding diaryl/α,β-unsaturated/α-hetero) is 1. The number of aliphatic hydroxyl groups is 1. The van der Waals surface area contributed by atoms with Gasteiger partial charge in [0.05, 0.1) is 31.9 Å². The molecule has 8 nitrogen and oxygen atoms in total. The maximum absolute atomic E-state index is 13.5. The lowest BCUT2D eigenvalue weighted by atomic mass is 9.95. The monoisotopic (exact) mass is 580 g/mol. The summed E-state index contributed by atoms with van der Waals surface area (Å²) in [5.74, 6) is 0.667. The van der Waals surface area contributed by atoms with Crippen LogP contribution in [-0.4, -0.2) is 73.1 Å². The van der Waals surface area contributed by atoms with Crippen molar-refractivity contribution in [3.63, 3.8) is 0 Å². The minimum absolute atomic E-state index is 0.0593. The van der Waals surface area contributed by atoms with Crippen molar-refractivity contribution in [2.24, 2.45) is 5.92 Å². The number of hydrogen-bond acceptors (Lipinski definition) is 7. The maximum Gasteiger partial charge on any atom is 0.295 e. The molecule has 0 aromatic heterocycles. The first-order chi connectivity index (χ1) is 20.2. The first kappa shape index (κ1) is 33.0. The Morgan fingerprint density at radius 1 is 0.976 bits per heavy atom. The smallest absolute Gasteiger partial charge is 0.295 e. The molecule has 0 spiro atoms. The van der Waals surface area contributed by atoms with Crippen LogP contribution in [0.15, 0.2) is 48.0 Å². The van der Waals surface area contributed by atoms with Crippen LogP contribution in [0.2, 0.25) is 0 Å². The highest BCUT2D eigenvalue weighted by Gasteiger charge is 2.46. The Morgan fingerprint density at radius 2 is 1.74 bits per heavy atom. The molecular weight excluding hydrogens is 532 g/mol. The van der Waals surface area contributed by atoms with Crippen molar-refractivity contribution in [1.82, 2.24) is 9.80 Å². The van der Waals surface area contributed by atoms with Crippen LogP contribution in [0.1, 0.15) is 77.5 Å². The highest BCUT2D eigenvalue weighted by molar-refractivity contribution is 6.46. The van der Waals surface area contributed by atoms with Gasteiger partial charge in [-0.15, -0.1) is 0 Å². The zero-order valence-corrected chi connectivity index (χ0v) is 26.2. The number of benzene rings is 2. The number of methoxy groups -OCH3 is 1. The van der Waals surface area contributed by atoms with Gasteiger partial charge >= 0.3 is 0 Å². The van der Waals surface area contributed by atoms with Crippen LogP contribution in [0.5, 0.6) is 17.2 Å². The van der Waals surface area contributed by atoms with Gasteiger partial charge in [0.1, 0.15) is 11.5 Å². The van der Waals surface area contributed by atoms with Crippen molar-refractivity contribution in [2.45, 2.75) is 66.3 Å².